The smallest absolute Gasteiger partial charge is 0.226 e. The number of hydrogen-bond acceptors (Lipinski definition) is 5. The molecular formula is C12H16ClN5O. The number of rotatable bonds is 2. The number of imidazole rings is 1. The van der Waals surface area contributed by atoms with Crippen molar-refractivity contribution in [1.29, 1.82) is 0 Å². The van der Waals surface area contributed by atoms with Gasteiger partial charge in [-0.25, -0.2) is 4.98 Å². The largest absolute Gasteiger partial charge is 0.377 e. The number of piperidine rings is 1. The molecule has 0 amide bonds. The molecule has 102 valence electrons. The Morgan fingerprint density at radius 2 is 2.32 bits per heavy atom. The number of nitrogens with zero attached hydrogens (tertiary/aromatic N) is 4. The minimum absolute atomic E-state index is 0.151. The predicted molar refractivity (Wildman–Crippen MR) is 73.6 cm³/mol. The Balaban J connectivity index is 2.01. The quantitative estimate of drug-likeness (QED) is 0.853. The van der Waals surface area contributed by atoms with E-state index in [9.17, 15) is 0 Å². The van der Waals surface area contributed by atoms with Gasteiger partial charge in [-0.1, -0.05) is 0 Å². The highest BCUT2D eigenvalue weighted by Gasteiger charge is 2.32. The van der Waals surface area contributed by atoms with Gasteiger partial charge in [-0.3, -0.25) is 0 Å². The van der Waals surface area contributed by atoms with Crippen molar-refractivity contribution in [2.45, 2.75) is 25.4 Å². The molecule has 0 bridgehead atoms. The monoisotopic (exact) mass is 281 g/mol. The lowest BCUT2D eigenvalue weighted by Crippen LogP contribution is -2.47. The first-order valence-corrected chi connectivity index (χ1v) is 6.66. The van der Waals surface area contributed by atoms with E-state index in [4.69, 9.17) is 16.3 Å². The highest BCUT2D eigenvalue weighted by Crippen LogP contribution is 2.30. The molecule has 1 N–H and O–H groups in total. The molecule has 1 atom stereocenters. The summed E-state index contributed by atoms with van der Waals surface area (Å²) < 4.78 is 5.61. The van der Waals surface area contributed by atoms with Gasteiger partial charge in [0.15, 0.2) is 11.5 Å². The van der Waals surface area contributed by atoms with Gasteiger partial charge in [-0.2, -0.15) is 9.97 Å². The van der Waals surface area contributed by atoms with Crippen LogP contribution in [0.3, 0.4) is 0 Å². The van der Waals surface area contributed by atoms with E-state index in [1.807, 2.05) is 0 Å². The number of aromatic nitrogens is 4. The summed E-state index contributed by atoms with van der Waals surface area (Å²) in [5, 5.41) is 0.222. The number of fused-ring (bicyclic) bond motifs is 1. The second kappa shape index (κ2) is 4.61. The molecule has 0 aliphatic carbocycles. The number of nitrogens with one attached hydrogen (secondary N) is 1. The summed E-state index contributed by atoms with van der Waals surface area (Å²) in [6.07, 6.45) is 3.71. The predicted octanol–water partition coefficient (Wildman–Crippen LogP) is 2.01. The van der Waals surface area contributed by atoms with E-state index in [1.54, 1.807) is 13.4 Å². The highest BCUT2D eigenvalue weighted by molar-refractivity contribution is 6.28. The van der Waals surface area contributed by atoms with Crippen molar-refractivity contribution in [2.75, 3.05) is 25.1 Å². The molecule has 0 aromatic carbocycles. The lowest BCUT2D eigenvalue weighted by Gasteiger charge is -2.40. The van der Waals surface area contributed by atoms with E-state index in [-0.39, 0.29) is 10.9 Å². The second-order valence-electron chi connectivity index (χ2n) is 5.10. The average Bonchev–Trinajstić information content (AvgIpc) is 2.86. The summed E-state index contributed by atoms with van der Waals surface area (Å²) in [4.78, 5) is 17.9. The molecule has 0 radical (unpaired) electrons. The van der Waals surface area contributed by atoms with E-state index in [0.717, 1.165) is 37.3 Å². The maximum absolute atomic E-state index is 5.97. The third kappa shape index (κ3) is 2.26. The van der Waals surface area contributed by atoms with Crippen LogP contribution in [-0.4, -0.2) is 45.7 Å². The molecule has 3 heterocycles. The van der Waals surface area contributed by atoms with Gasteiger partial charge in [0.05, 0.1) is 11.9 Å². The summed E-state index contributed by atoms with van der Waals surface area (Å²) in [7, 11) is 1.75. The number of aromatic amines is 1. The second-order valence-corrected chi connectivity index (χ2v) is 5.43. The molecular weight excluding hydrogens is 266 g/mol. The molecule has 1 aliphatic rings. The Kier molecular flexibility index (Phi) is 3.06. The Labute approximate surface area is 116 Å². The third-order valence-corrected chi connectivity index (χ3v) is 3.86. The maximum Gasteiger partial charge on any atom is 0.226 e. The number of methoxy groups -OCH3 is 1. The van der Waals surface area contributed by atoms with Crippen LogP contribution in [0.15, 0.2) is 6.33 Å². The molecule has 6 nitrogen and oxygen atoms in total. The summed E-state index contributed by atoms with van der Waals surface area (Å²) in [6.45, 7) is 3.83. The fraction of sp³-hybridized carbons (Fsp3) is 0.583. The molecule has 2 aromatic rings. The molecule has 1 unspecified atom stereocenters. The van der Waals surface area contributed by atoms with Crippen LogP contribution in [-0.2, 0) is 4.74 Å². The Morgan fingerprint density at radius 1 is 1.47 bits per heavy atom. The van der Waals surface area contributed by atoms with Crippen molar-refractivity contribution in [3.05, 3.63) is 11.6 Å². The van der Waals surface area contributed by atoms with E-state index >= 15 is 0 Å². The minimum Gasteiger partial charge on any atom is -0.377 e. The molecule has 3 rings (SSSR count). The lowest BCUT2D eigenvalue weighted by molar-refractivity contribution is -0.00476. The van der Waals surface area contributed by atoms with Crippen molar-refractivity contribution < 1.29 is 4.74 Å². The summed E-state index contributed by atoms with van der Waals surface area (Å²) in [6, 6.07) is 0. The molecule has 1 aliphatic heterocycles. The fourth-order valence-electron chi connectivity index (χ4n) is 2.57. The molecule has 1 saturated heterocycles. The fourth-order valence-corrected chi connectivity index (χ4v) is 2.73. The zero-order chi connectivity index (χ0) is 13.5. The first kappa shape index (κ1) is 12.6. The van der Waals surface area contributed by atoms with Gasteiger partial charge in [0.25, 0.3) is 0 Å². The Bertz CT molecular complexity index is 601. The van der Waals surface area contributed by atoms with Crippen LogP contribution in [0.2, 0.25) is 5.28 Å². The van der Waals surface area contributed by atoms with Crippen LogP contribution >= 0.6 is 11.6 Å². The standard InChI is InChI=1S/C12H16ClN5O/c1-12(19-2)4-3-5-18(6-12)10-8-9(15-7-14-8)16-11(13)17-10/h7H,3-6H2,1-2H3,(H,14,15,16,17). The maximum atomic E-state index is 5.97. The molecule has 0 spiro atoms. The van der Waals surface area contributed by atoms with E-state index in [0.29, 0.717) is 5.65 Å². The van der Waals surface area contributed by atoms with Crippen molar-refractivity contribution in [2.24, 2.45) is 0 Å². The first-order chi connectivity index (χ1) is 9.11. The number of anilines is 1. The molecule has 19 heavy (non-hydrogen) atoms. The Hall–Kier alpha value is -1.40. The van der Waals surface area contributed by atoms with Gasteiger partial charge in [-0.05, 0) is 31.4 Å². The molecule has 2 aromatic heterocycles. The average molecular weight is 282 g/mol. The van der Waals surface area contributed by atoms with Crippen molar-refractivity contribution >= 4 is 28.6 Å². The normalized spacial score (nSPS) is 24.1. The van der Waals surface area contributed by atoms with Crippen LogP contribution in [0.1, 0.15) is 19.8 Å². The zero-order valence-electron chi connectivity index (χ0n) is 11.0. The molecule has 1 fully saturated rings. The van der Waals surface area contributed by atoms with Crippen molar-refractivity contribution in [3.63, 3.8) is 0 Å². The van der Waals surface area contributed by atoms with E-state index in [2.05, 4.69) is 31.8 Å². The summed E-state index contributed by atoms with van der Waals surface area (Å²) >= 11 is 5.97. The lowest BCUT2D eigenvalue weighted by atomic mass is 9.95. The number of halogens is 1. The number of H-pyrrole nitrogens is 1. The van der Waals surface area contributed by atoms with Crippen LogP contribution in [0, 0.1) is 0 Å². The third-order valence-electron chi connectivity index (χ3n) is 3.69. The summed E-state index contributed by atoms with van der Waals surface area (Å²) in [5.41, 5.74) is 1.27. The number of ether oxygens (including phenoxy) is 1. The highest BCUT2D eigenvalue weighted by atomic mass is 35.5. The van der Waals surface area contributed by atoms with Gasteiger partial charge in [-0.15, -0.1) is 0 Å². The SMILES string of the molecule is COC1(C)CCCN(c2nc(Cl)nc3nc[nH]c23)C1. The topological polar surface area (TPSA) is 66.9 Å². The first-order valence-electron chi connectivity index (χ1n) is 6.28. The molecule has 7 heteroatoms. The van der Waals surface area contributed by atoms with Crippen molar-refractivity contribution in [3.8, 4) is 0 Å². The Morgan fingerprint density at radius 3 is 3.11 bits per heavy atom. The van der Waals surface area contributed by atoms with E-state index < -0.39 is 0 Å². The van der Waals surface area contributed by atoms with Crippen LogP contribution in [0.5, 0.6) is 0 Å². The minimum atomic E-state index is -0.151. The van der Waals surface area contributed by atoms with Gasteiger partial charge in [0.1, 0.15) is 5.52 Å². The summed E-state index contributed by atoms with van der Waals surface area (Å²) in [5.74, 6) is 0.801. The van der Waals surface area contributed by atoms with Gasteiger partial charge in [0, 0.05) is 20.2 Å². The van der Waals surface area contributed by atoms with E-state index in [1.165, 1.54) is 0 Å². The molecule has 0 saturated carbocycles. The van der Waals surface area contributed by atoms with Gasteiger partial charge in [0.2, 0.25) is 5.28 Å². The zero-order valence-corrected chi connectivity index (χ0v) is 11.7. The van der Waals surface area contributed by atoms with Crippen LogP contribution in [0.25, 0.3) is 11.2 Å². The van der Waals surface area contributed by atoms with Crippen LogP contribution in [0.4, 0.5) is 5.82 Å². The van der Waals surface area contributed by atoms with Gasteiger partial charge < -0.3 is 14.6 Å². The van der Waals surface area contributed by atoms with Crippen LogP contribution < -0.4 is 4.90 Å². The number of hydrogen-bond donors (Lipinski definition) is 1. The van der Waals surface area contributed by atoms with Crippen molar-refractivity contribution in [1.82, 2.24) is 19.9 Å². The van der Waals surface area contributed by atoms with Gasteiger partial charge >= 0.3 is 0 Å².